The van der Waals surface area contributed by atoms with Crippen molar-refractivity contribution < 1.29 is 21.6 Å². The van der Waals surface area contributed by atoms with Crippen LogP contribution in [0.3, 0.4) is 0 Å². The molecule has 1 aliphatic rings. The first-order chi connectivity index (χ1) is 13.1. The van der Waals surface area contributed by atoms with E-state index in [9.17, 15) is 21.6 Å². The third kappa shape index (κ3) is 5.31. The van der Waals surface area contributed by atoms with Crippen LogP contribution in [0.4, 0.5) is 13.2 Å². The Kier molecular flexibility index (Phi) is 6.43. The minimum absolute atomic E-state index is 0.169. The molecule has 0 amide bonds. The topological polar surface area (TPSA) is 62.3 Å². The van der Waals surface area contributed by atoms with Gasteiger partial charge in [0, 0.05) is 42.5 Å². The van der Waals surface area contributed by atoms with Gasteiger partial charge in [0.1, 0.15) is 0 Å². The number of hydrogen-bond donors (Lipinski definition) is 1. The number of nitrogens with one attached hydrogen (secondary N) is 1. The molecule has 2 aromatic rings. The van der Waals surface area contributed by atoms with Crippen molar-refractivity contribution in [2.75, 3.05) is 13.1 Å². The molecule has 3 rings (SSSR count). The van der Waals surface area contributed by atoms with Crippen molar-refractivity contribution in [1.29, 1.82) is 0 Å². The van der Waals surface area contributed by atoms with Gasteiger partial charge in [-0.1, -0.05) is 22.0 Å². The molecule has 0 saturated carbocycles. The van der Waals surface area contributed by atoms with Gasteiger partial charge in [0.25, 0.3) is 0 Å². The smallest absolute Gasteiger partial charge is 0.299 e. The lowest BCUT2D eigenvalue weighted by Gasteiger charge is -2.32. The second-order valence-electron chi connectivity index (χ2n) is 6.67. The molecule has 0 radical (unpaired) electrons. The number of rotatable bonds is 5. The van der Waals surface area contributed by atoms with Crippen LogP contribution in [0.5, 0.6) is 0 Å². The molecular formula is C18H19BrF3N3O2S. The van der Waals surface area contributed by atoms with E-state index in [1.165, 1.54) is 6.07 Å². The van der Waals surface area contributed by atoms with E-state index in [2.05, 4.69) is 30.5 Å². The summed E-state index contributed by atoms with van der Waals surface area (Å²) in [5.74, 6) is 0. The minimum Gasteiger partial charge on any atom is -0.299 e. The predicted octanol–water partition coefficient (Wildman–Crippen LogP) is 3.81. The molecule has 152 valence electrons. The zero-order valence-corrected chi connectivity index (χ0v) is 17.2. The first kappa shape index (κ1) is 21.2. The van der Waals surface area contributed by atoms with Crippen molar-refractivity contribution >= 4 is 26.0 Å². The fourth-order valence-corrected chi connectivity index (χ4v) is 5.07. The summed E-state index contributed by atoms with van der Waals surface area (Å²) in [6.45, 7) is 2.00. The Morgan fingerprint density at radius 1 is 1.21 bits per heavy atom. The highest BCUT2D eigenvalue weighted by molar-refractivity contribution is 9.10. The summed E-state index contributed by atoms with van der Waals surface area (Å²) in [6.07, 6.45) is -0.238. The maximum absolute atomic E-state index is 13.3. The second-order valence-corrected chi connectivity index (χ2v) is 9.27. The average molecular weight is 478 g/mol. The molecule has 0 atom stereocenters. The van der Waals surface area contributed by atoms with Crippen molar-refractivity contribution in [2.24, 2.45) is 0 Å². The second kappa shape index (κ2) is 8.48. The van der Waals surface area contributed by atoms with E-state index in [0.717, 1.165) is 17.7 Å². The molecule has 5 nitrogen and oxygen atoms in total. The first-order valence-corrected chi connectivity index (χ1v) is 10.9. The Morgan fingerprint density at radius 2 is 1.93 bits per heavy atom. The largest absolute Gasteiger partial charge is 0.417 e. The molecule has 1 aliphatic heterocycles. The lowest BCUT2D eigenvalue weighted by Crippen LogP contribution is -2.44. The Hall–Kier alpha value is -1.49. The monoisotopic (exact) mass is 477 g/mol. The molecular weight excluding hydrogens is 459 g/mol. The maximum atomic E-state index is 13.3. The summed E-state index contributed by atoms with van der Waals surface area (Å²) in [6, 6.07) is 6.47. The molecule has 0 unspecified atom stereocenters. The normalized spacial score (nSPS) is 17.0. The number of halogens is 4. The van der Waals surface area contributed by atoms with Gasteiger partial charge in [-0.15, -0.1) is 0 Å². The molecule has 2 heterocycles. The summed E-state index contributed by atoms with van der Waals surface area (Å²) in [5, 5.41) is 0. The number of benzene rings is 1. The number of hydrogen-bond acceptors (Lipinski definition) is 4. The standard InChI is InChI=1S/C18H19BrF3N3O2S/c19-14-3-4-17(16(10-14)18(20,21)22)28(26,27)24-15-5-8-25(9-6-15)12-13-2-1-7-23-11-13/h1-4,7,10-11,15,24H,5-6,8-9,12H2. The highest BCUT2D eigenvalue weighted by atomic mass is 79.9. The summed E-state index contributed by atoms with van der Waals surface area (Å²) >= 11 is 2.96. The summed E-state index contributed by atoms with van der Waals surface area (Å²) in [4.78, 5) is 5.49. The van der Waals surface area contributed by atoms with Crippen molar-refractivity contribution in [2.45, 2.75) is 36.5 Å². The van der Waals surface area contributed by atoms with Gasteiger partial charge in [0.05, 0.1) is 10.5 Å². The van der Waals surface area contributed by atoms with Crippen LogP contribution < -0.4 is 4.72 Å². The Balaban J connectivity index is 1.66. The molecule has 1 fully saturated rings. The SMILES string of the molecule is O=S(=O)(NC1CCN(Cc2cccnc2)CC1)c1ccc(Br)cc1C(F)(F)F. The molecule has 1 aromatic heterocycles. The molecule has 10 heteroatoms. The zero-order valence-electron chi connectivity index (χ0n) is 14.8. The molecule has 0 bridgehead atoms. The quantitative estimate of drug-likeness (QED) is 0.711. The maximum Gasteiger partial charge on any atom is 0.417 e. The van der Waals surface area contributed by atoms with Crippen molar-refractivity contribution in [3.8, 4) is 0 Å². The summed E-state index contributed by atoms with van der Waals surface area (Å²) < 4.78 is 67.6. The van der Waals surface area contributed by atoms with Gasteiger partial charge in [-0.05, 0) is 42.7 Å². The van der Waals surface area contributed by atoms with E-state index >= 15 is 0 Å². The molecule has 0 spiro atoms. The van der Waals surface area contributed by atoms with Crippen LogP contribution in [0.1, 0.15) is 24.0 Å². The van der Waals surface area contributed by atoms with Gasteiger partial charge in [0.2, 0.25) is 10.0 Å². The van der Waals surface area contributed by atoms with Crippen LogP contribution in [0.25, 0.3) is 0 Å². The number of piperidine rings is 1. The third-order valence-electron chi connectivity index (χ3n) is 4.57. The minimum atomic E-state index is -4.76. The van der Waals surface area contributed by atoms with E-state index in [4.69, 9.17) is 0 Å². The Morgan fingerprint density at radius 3 is 2.54 bits per heavy atom. The van der Waals surface area contributed by atoms with E-state index in [1.807, 2.05) is 12.1 Å². The van der Waals surface area contributed by atoms with Gasteiger partial charge in [-0.2, -0.15) is 13.2 Å². The third-order valence-corrected chi connectivity index (χ3v) is 6.65. The van der Waals surface area contributed by atoms with Gasteiger partial charge < -0.3 is 0 Å². The van der Waals surface area contributed by atoms with Gasteiger partial charge in [0.15, 0.2) is 0 Å². The molecule has 28 heavy (non-hydrogen) atoms. The molecule has 0 aliphatic carbocycles. The Labute approximate surface area is 170 Å². The molecule has 1 N–H and O–H groups in total. The Bertz CT molecular complexity index is 915. The van der Waals surface area contributed by atoms with E-state index in [-0.39, 0.29) is 4.47 Å². The summed E-state index contributed by atoms with van der Waals surface area (Å²) in [5.41, 5.74) is -0.116. The highest BCUT2D eigenvalue weighted by Gasteiger charge is 2.38. The number of likely N-dealkylation sites (tertiary alicyclic amines) is 1. The van der Waals surface area contributed by atoms with Crippen LogP contribution in [0, 0.1) is 0 Å². The number of sulfonamides is 1. The zero-order chi connectivity index (χ0) is 20.4. The van der Waals surface area contributed by atoms with Crippen LogP contribution in [0.2, 0.25) is 0 Å². The van der Waals surface area contributed by atoms with Gasteiger partial charge >= 0.3 is 6.18 Å². The van der Waals surface area contributed by atoms with Gasteiger partial charge in [-0.3, -0.25) is 9.88 Å². The number of aromatic nitrogens is 1. The van der Waals surface area contributed by atoms with Gasteiger partial charge in [-0.25, -0.2) is 13.1 Å². The predicted molar refractivity (Wildman–Crippen MR) is 102 cm³/mol. The fraction of sp³-hybridized carbons (Fsp3) is 0.389. The molecule has 1 aromatic carbocycles. The van der Waals surface area contributed by atoms with E-state index in [0.29, 0.717) is 32.5 Å². The number of pyridine rings is 1. The average Bonchev–Trinajstić information content (AvgIpc) is 2.63. The van der Waals surface area contributed by atoms with Crippen LogP contribution in [-0.4, -0.2) is 37.4 Å². The van der Waals surface area contributed by atoms with Crippen LogP contribution in [0.15, 0.2) is 52.1 Å². The number of alkyl halides is 3. The van der Waals surface area contributed by atoms with Crippen molar-refractivity contribution in [3.05, 3.63) is 58.3 Å². The fourth-order valence-electron chi connectivity index (χ4n) is 3.20. The number of nitrogens with zero attached hydrogens (tertiary/aromatic N) is 2. The summed E-state index contributed by atoms with van der Waals surface area (Å²) in [7, 11) is -4.29. The lowest BCUT2D eigenvalue weighted by atomic mass is 10.1. The highest BCUT2D eigenvalue weighted by Crippen LogP contribution is 2.36. The van der Waals surface area contributed by atoms with Crippen LogP contribution >= 0.6 is 15.9 Å². The van der Waals surface area contributed by atoms with Crippen LogP contribution in [-0.2, 0) is 22.7 Å². The van der Waals surface area contributed by atoms with E-state index < -0.39 is 32.7 Å². The molecule has 1 saturated heterocycles. The lowest BCUT2D eigenvalue weighted by molar-refractivity contribution is -0.139. The van der Waals surface area contributed by atoms with E-state index in [1.54, 1.807) is 12.4 Å². The van der Waals surface area contributed by atoms with Crippen molar-refractivity contribution in [1.82, 2.24) is 14.6 Å². The first-order valence-electron chi connectivity index (χ1n) is 8.65. The van der Waals surface area contributed by atoms with Crippen molar-refractivity contribution in [3.63, 3.8) is 0 Å².